The van der Waals surface area contributed by atoms with Crippen LogP contribution in [0.5, 0.6) is 0 Å². The molecule has 1 nitrogen and oxygen atoms in total. The van der Waals surface area contributed by atoms with Crippen LogP contribution in [0.4, 0.5) is 5.69 Å². The average molecular weight is 321 g/mol. The number of rotatable bonds is 3. The van der Waals surface area contributed by atoms with E-state index in [1.54, 1.807) is 24.3 Å². The first-order chi connectivity index (χ1) is 8.56. The van der Waals surface area contributed by atoms with Crippen LogP contribution in [0, 0.1) is 0 Å². The fourth-order valence-corrected chi connectivity index (χ4v) is 2.67. The number of hydrogen-bond acceptors (Lipinski definition) is 1. The molecule has 0 bridgehead atoms. The normalized spacial score (nSPS) is 10.4. The summed E-state index contributed by atoms with van der Waals surface area (Å²) in [5.41, 5.74) is 1.67. The third kappa shape index (κ3) is 3.46. The van der Waals surface area contributed by atoms with Crippen LogP contribution in [0.1, 0.15) is 5.56 Å². The number of benzene rings is 2. The van der Waals surface area contributed by atoms with Crippen molar-refractivity contribution in [3.63, 3.8) is 0 Å². The zero-order valence-corrected chi connectivity index (χ0v) is 12.2. The Kier molecular flexibility index (Phi) is 4.63. The second-order valence-electron chi connectivity index (χ2n) is 3.73. The molecule has 5 heteroatoms. The lowest BCUT2D eigenvalue weighted by Gasteiger charge is -2.10. The Morgan fingerprint density at radius 2 is 1.39 bits per heavy atom. The van der Waals surface area contributed by atoms with Gasteiger partial charge in [0.1, 0.15) is 0 Å². The van der Waals surface area contributed by atoms with E-state index < -0.39 is 0 Å². The molecule has 18 heavy (non-hydrogen) atoms. The molecule has 0 atom stereocenters. The Hall–Kier alpha value is -0.600. The molecule has 0 heterocycles. The van der Waals surface area contributed by atoms with Gasteiger partial charge in [-0.1, -0.05) is 52.5 Å². The van der Waals surface area contributed by atoms with Crippen LogP contribution in [0.15, 0.2) is 36.4 Å². The van der Waals surface area contributed by atoms with Gasteiger partial charge in [-0.15, -0.1) is 0 Å². The first-order valence-electron chi connectivity index (χ1n) is 5.19. The maximum absolute atomic E-state index is 6.06. The summed E-state index contributed by atoms with van der Waals surface area (Å²) < 4.78 is 0. The summed E-state index contributed by atoms with van der Waals surface area (Å²) in [5, 5.41) is 5.53. The highest BCUT2D eigenvalue weighted by Gasteiger charge is 2.05. The molecule has 0 aromatic heterocycles. The summed E-state index contributed by atoms with van der Waals surface area (Å²) in [6, 6.07) is 10.7. The molecular weight excluding hydrogens is 312 g/mol. The predicted octanol–water partition coefficient (Wildman–Crippen LogP) is 5.91. The highest BCUT2D eigenvalue weighted by molar-refractivity contribution is 6.39. The quantitative estimate of drug-likeness (QED) is 0.741. The van der Waals surface area contributed by atoms with Crippen molar-refractivity contribution in [1.82, 2.24) is 0 Å². The lowest BCUT2D eigenvalue weighted by molar-refractivity contribution is 1.15. The average Bonchev–Trinajstić information content (AvgIpc) is 2.27. The number of para-hydroxylation sites is 1. The van der Waals surface area contributed by atoms with Crippen LogP contribution in [0.25, 0.3) is 0 Å². The number of halogens is 4. The molecule has 2 aromatic carbocycles. The Morgan fingerprint density at radius 3 is 1.94 bits per heavy atom. The predicted molar refractivity (Wildman–Crippen MR) is 80.3 cm³/mol. The number of anilines is 1. The molecule has 0 saturated carbocycles. The minimum absolute atomic E-state index is 0.545. The van der Waals surface area contributed by atoms with E-state index >= 15 is 0 Å². The highest BCUT2D eigenvalue weighted by Crippen LogP contribution is 2.30. The molecule has 0 aliphatic rings. The van der Waals surface area contributed by atoms with E-state index in [4.69, 9.17) is 46.4 Å². The third-order valence-corrected chi connectivity index (χ3v) is 3.42. The van der Waals surface area contributed by atoms with E-state index in [-0.39, 0.29) is 0 Å². The van der Waals surface area contributed by atoms with E-state index in [0.29, 0.717) is 32.3 Å². The minimum atomic E-state index is 0.545. The second-order valence-corrected chi connectivity index (χ2v) is 5.42. The smallest absolute Gasteiger partial charge is 0.0721 e. The molecule has 94 valence electrons. The van der Waals surface area contributed by atoms with Crippen molar-refractivity contribution in [1.29, 1.82) is 0 Å². The van der Waals surface area contributed by atoms with Gasteiger partial charge in [-0.05, 0) is 35.9 Å². The fraction of sp³-hybridized carbons (Fsp3) is 0.0769. The topological polar surface area (TPSA) is 12.0 Å². The first-order valence-corrected chi connectivity index (χ1v) is 6.70. The van der Waals surface area contributed by atoms with Gasteiger partial charge < -0.3 is 5.32 Å². The molecule has 0 aliphatic heterocycles. The molecule has 1 N–H and O–H groups in total. The Labute approximate surface area is 126 Å². The highest BCUT2D eigenvalue weighted by atomic mass is 35.5. The molecule has 2 rings (SSSR count). The summed E-state index contributed by atoms with van der Waals surface area (Å²) in [5.74, 6) is 0. The van der Waals surface area contributed by atoms with Crippen LogP contribution >= 0.6 is 46.4 Å². The number of hydrogen-bond donors (Lipinski definition) is 1. The summed E-state index contributed by atoms with van der Waals surface area (Å²) in [6.45, 7) is 0.545. The molecule has 0 saturated heterocycles. The zero-order valence-electron chi connectivity index (χ0n) is 9.18. The van der Waals surface area contributed by atoms with Crippen LogP contribution in [-0.2, 0) is 6.54 Å². The molecule has 0 aliphatic carbocycles. The van der Waals surface area contributed by atoms with Crippen LogP contribution in [0.3, 0.4) is 0 Å². The molecule has 0 amide bonds. The van der Waals surface area contributed by atoms with Gasteiger partial charge in [0.2, 0.25) is 0 Å². The lowest BCUT2D eigenvalue weighted by Crippen LogP contribution is -2.00. The summed E-state index contributed by atoms with van der Waals surface area (Å²) in [7, 11) is 0. The van der Waals surface area contributed by atoms with Crippen LogP contribution in [0.2, 0.25) is 20.1 Å². The van der Waals surface area contributed by atoms with Gasteiger partial charge in [-0.25, -0.2) is 0 Å². The van der Waals surface area contributed by atoms with E-state index in [9.17, 15) is 0 Å². The summed E-state index contributed by atoms with van der Waals surface area (Å²) in [6.07, 6.45) is 0. The van der Waals surface area contributed by atoms with Crippen molar-refractivity contribution in [3.8, 4) is 0 Å². The van der Waals surface area contributed by atoms with Crippen molar-refractivity contribution in [2.75, 3.05) is 5.32 Å². The molecule has 0 radical (unpaired) electrons. The maximum atomic E-state index is 6.06. The van der Waals surface area contributed by atoms with Crippen molar-refractivity contribution in [2.45, 2.75) is 6.54 Å². The first kappa shape index (κ1) is 13.8. The van der Waals surface area contributed by atoms with Gasteiger partial charge in [0.05, 0.1) is 15.7 Å². The van der Waals surface area contributed by atoms with E-state index in [0.717, 1.165) is 5.56 Å². The minimum Gasteiger partial charge on any atom is -0.379 e. The second kappa shape index (κ2) is 6.03. The fourth-order valence-electron chi connectivity index (χ4n) is 1.57. The van der Waals surface area contributed by atoms with Gasteiger partial charge in [0.15, 0.2) is 0 Å². The van der Waals surface area contributed by atoms with Crippen LogP contribution < -0.4 is 5.32 Å². The number of nitrogens with one attached hydrogen (secondary N) is 1. The molecule has 0 fully saturated rings. The van der Waals surface area contributed by atoms with Gasteiger partial charge >= 0.3 is 0 Å². The third-order valence-electron chi connectivity index (χ3n) is 2.35. The zero-order chi connectivity index (χ0) is 13.1. The Balaban J connectivity index is 2.16. The standard InChI is InChI=1S/C13H9Cl4N/c14-9-4-8(5-10(15)6-9)7-18-13-11(16)2-1-3-12(13)17/h1-6,18H,7H2. The summed E-state index contributed by atoms with van der Waals surface area (Å²) in [4.78, 5) is 0. The maximum Gasteiger partial charge on any atom is 0.0721 e. The molecule has 0 unspecified atom stereocenters. The van der Waals surface area contributed by atoms with Gasteiger partial charge in [0, 0.05) is 16.6 Å². The van der Waals surface area contributed by atoms with Crippen molar-refractivity contribution < 1.29 is 0 Å². The Morgan fingerprint density at radius 1 is 0.833 bits per heavy atom. The monoisotopic (exact) mass is 319 g/mol. The SMILES string of the molecule is Clc1cc(Cl)cc(CNc2c(Cl)cccc2Cl)c1. The van der Waals surface area contributed by atoms with E-state index in [2.05, 4.69) is 5.32 Å². The van der Waals surface area contributed by atoms with Gasteiger partial charge in [-0.2, -0.15) is 0 Å². The molecule has 0 spiro atoms. The van der Waals surface area contributed by atoms with Crippen molar-refractivity contribution in [3.05, 3.63) is 62.1 Å². The van der Waals surface area contributed by atoms with E-state index in [1.807, 2.05) is 12.1 Å². The van der Waals surface area contributed by atoms with Crippen molar-refractivity contribution in [2.24, 2.45) is 0 Å². The molecular formula is C13H9Cl4N. The van der Waals surface area contributed by atoms with E-state index in [1.165, 1.54) is 0 Å². The largest absolute Gasteiger partial charge is 0.379 e. The lowest BCUT2D eigenvalue weighted by atomic mass is 10.2. The van der Waals surface area contributed by atoms with Crippen LogP contribution in [-0.4, -0.2) is 0 Å². The Bertz CT molecular complexity index is 528. The van der Waals surface area contributed by atoms with Gasteiger partial charge in [0.25, 0.3) is 0 Å². The molecule has 2 aromatic rings. The van der Waals surface area contributed by atoms with Gasteiger partial charge in [-0.3, -0.25) is 0 Å². The van der Waals surface area contributed by atoms with Crippen molar-refractivity contribution >= 4 is 52.1 Å². The summed E-state index contributed by atoms with van der Waals surface area (Å²) >= 11 is 24.0.